The van der Waals surface area contributed by atoms with Gasteiger partial charge in [0.1, 0.15) is 12.4 Å². The van der Waals surface area contributed by atoms with Gasteiger partial charge in [-0.15, -0.1) is 0 Å². The van der Waals surface area contributed by atoms with Crippen LogP contribution in [0.25, 0.3) is 10.9 Å². The Balaban J connectivity index is 1.51. The Morgan fingerprint density at radius 3 is 2.67 bits per heavy atom. The average Bonchev–Trinajstić information content (AvgIpc) is 2.95. The summed E-state index contributed by atoms with van der Waals surface area (Å²) in [4.78, 5) is 23.1. The molecule has 5 nitrogen and oxygen atoms in total. The Hall–Kier alpha value is -2.37. The van der Waals surface area contributed by atoms with Gasteiger partial charge in [0, 0.05) is 12.7 Å². The monoisotopic (exact) mass is 332 g/mol. The van der Waals surface area contributed by atoms with E-state index in [4.69, 9.17) is 5.11 Å². The molecule has 1 aliphatic rings. The lowest BCUT2D eigenvalue weighted by Crippen LogP contribution is -2.34. The van der Waals surface area contributed by atoms with Crippen LogP contribution in [0.4, 0.5) is 4.39 Å². The molecule has 1 aromatic carbocycles. The number of nitrogens with one attached hydrogen (secondary N) is 1. The topological polar surface area (TPSA) is 71.3 Å². The van der Waals surface area contributed by atoms with Crippen LogP contribution in [0.3, 0.4) is 0 Å². The third-order valence-electron chi connectivity index (χ3n) is 4.83. The van der Waals surface area contributed by atoms with Gasteiger partial charge in [0.2, 0.25) is 5.91 Å². The summed E-state index contributed by atoms with van der Waals surface area (Å²) < 4.78 is 15.1. The molecule has 1 saturated carbocycles. The molecule has 24 heavy (non-hydrogen) atoms. The minimum atomic E-state index is -0.718. The molecule has 1 aliphatic carbocycles. The number of hydrogen-bond acceptors (Lipinski definition) is 2. The van der Waals surface area contributed by atoms with Crippen molar-refractivity contribution in [2.45, 2.75) is 32.2 Å². The first-order valence-corrected chi connectivity index (χ1v) is 8.27. The molecular formula is C18H21FN2O3. The summed E-state index contributed by atoms with van der Waals surface area (Å²) in [5.74, 6) is -1.05. The van der Waals surface area contributed by atoms with Crippen LogP contribution in [0, 0.1) is 17.7 Å². The van der Waals surface area contributed by atoms with E-state index in [0.29, 0.717) is 30.8 Å². The maximum atomic E-state index is 13.4. The van der Waals surface area contributed by atoms with E-state index in [2.05, 4.69) is 5.32 Å². The number of aromatic nitrogens is 1. The van der Waals surface area contributed by atoms with Gasteiger partial charge in [-0.3, -0.25) is 9.59 Å². The second kappa shape index (κ2) is 7.03. The fraction of sp³-hybridized carbons (Fsp3) is 0.444. The van der Waals surface area contributed by atoms with Crippen LogP contribution in [0.15, 0.2) is 30.5 Å². The number of rotatable bonds is 5. The summed E-state index contributed by atoms with van der Waals surface area (Å²) in [7, 11) is 0. The number of hydrogen-bond donors (Lipinski definition) is 2. The zero-order chi connectivity index (χ0) is 17.1. The SMILES string of the molecule is O=C(Cn1ccc2ccc(F)cc21)NCC1CCC(C(=O)O)CC1. The molecule has 128 valence electrons. The van der Waals surface area contributed by atoms with E-state index in [9.17, 15) is 14.0 Å². The summed E-state index contributed by atoms with van der Waals surface area (Å²) in [5.41, 5.74) is 0.701. The van der Waals surface area contributed by atoms with Crippen molar-refractivity contribution in [2.24, 2.45) is 11.8 Å². The van der Waals surface area contributed by atoms with Crippen molar-refractivity contribution in [3.8, 4) is 0 Å². The maximum absolute atomic E-state index is 13.4. The van der Waals surface area contributed by atoms with E-state index in [1.807, 2.05) is 6.07 Å². The number of aliphatic carboxylic acids is 1. The van der Waals surface area contributed by atoms with Crippen molar-refractivity contribution in [1.82, 2.24) is 9.88 Å². The number of fused-ring (bicyclic) bond motifs is 1. The van der Waals surface area contributed by atoms with Crippen molar-refractivity contribution in [1.29, 1.82) is 0 Å². The highest BCUT2D eigenvalue weighted by Crippen LogP contribution is 2.28. The van der Waals surface area contributed by atoms with Crippen LogP contribution >= 0.6 is 0 Å². The normalized spacial score (nSPS) is 20.9. The van der Waals surface area contributed by atoms with E-state index in [0.717, 1.165) is 18.2 Å². The third kappa shape index (κ3) is 3.75. The van der Waals surface area contributed by atoms with Crippen LogP contribution in [0.2, 0.25) is 0 Å². The van der Waals surface area contributed by atoms with Crippen LogP contribution in [-0.4, -0.2) is 28.1 Å². The highest BCUT2D eigenvalue weighted by atomic mass is 19.1. The van der Waals surface area contributed by atoms with Gasteiger partial charge in [0.25, 0.3) is 0 Å². The molecular weight excluding hydrogens is 311 g/mol. The number of nitrogens with zero attached hydrogens (tertiary/aromatic N) is 1. The summed E-state index contributed by atoms with van der Waals surface area (Å²) in [6.45, 7) is 0.718. The van der Waals surface area contributed by atoms with Gasteiger partial charge < -0.3 is 15.0 Å². The second-order valence-electron chi connectivity index (χ2n) is 6.51. The first-order valence-electron chi connectivity index (χ1n) is 8.27. The van der Waals surface area contributed by atoms with E-state index < -0.39 is 5.97 Å². The highest BCUT2D eigenvalue weighted by Gasteiger charge is 2.25. The standard InChI is InChI=1S/C18H21FN2O3/c19-15-6-5-13-7-8-21(16(13)9-15)11-17(22)20-10-12-1-3-14(4-2-12)18(23)24/h5-9,12,14H,1-4,10-11H2,(H,20,22)(H,23,24). The van der Waals surface area contributed by atoms with E-state index in [-0.39, 0.29) is 24.2 Å². The average molecular weight is 332 g/mol. The lowest BCUT2D eigenvalue weighted by molar-refractivity contribution is -0.143. The van der Waals surface area contributed by atoms with Crippen LogP contribution in [0.5, 0.6) is 0 Å². The van der Waals surface area contributed by atoms with Gasteiger partial charge in [0.15, 0.2) is 0 Å². The van der Waals surface area contributed by atoms with Gasteiger partial charge in [-0.25, -0.2) is 4.39 Å². The molecule has 1 fully saturated rings. The van der Waals surface area contributed by atoms with Crippen LogP contribution in [0.1, 0.15) is 25.7 Å². The number of carbonyl (C=O) groups excluding carboxylic acids is 1. The summed E-state index contributed by atoms with van der Waals surface area (Å²) >= 11 is 0. The number of halogens is 1. The Bertz CT molecular complexity index is 748. The summed E-state index contributed by atoms with van der Waals surface area (Å²) in [5, 5.41) is 12.8. The minimum Gasteiger partial charge on any atom is -0.481 e. The molecule has 2 N–H and O–H groups in total. The minimum absolute atomic E-state index is 0.114. The summed E-state index contributed by atoms with van der Waals surface area (Å²) in [6, 6.07) is 6.38. The fourth-order valence-electron chi connectivity index (χ4n) is 3.38. The Labute approximate surface area is 139 Å². The molecule has 1 heterocycles. The molecule has 6 heteroatoms. The molecule has 0 saturated heterocycles. The fourth-order valence-corrected chi connectivity index (χ4v) is 3.38. The number of amides is 1. The third-order valence-corrected chi connectivity index (χ3v) is 4.83. The number of carboxylic acids is 1. The molecule has 2 aromatic rings. The van der Waals surface area contributed by atoms with E-state index in [1.54, 1.807) is 16.8 Å². The second-order valence-corrected chi connectivity index (χ2v) is 6.51. The molecule has 1 amide bonds. The van der Waals surface area contributed by atoms with Crippen molar-refractivity contribution in [3.05, 3.63) is 36.3 Å². The Morgan fingerprint density at radius 2 is 1.96 bits per heavy atom. The van der Waals surface area contributed by atoms with Gasteiger partial charge in [-0.2, -0.15) is 0 Å². The Morgan fingerprint density at radius 1 is 1.21 bits per heavy atom. The van der Waals surface area contributed by atoms with E-state index in [1.165, 1.54) is 12.1 Å². The van der Waals surface area contributed by atoms with Crippen molar-refractivity contribution in [2.75, 3.05) is 6.54 Å². The maximum Gasteiger partial charge on any atom is 0.306 e. The molecule has 0 atom stereocenters. The summed E-state index contributed by atoms with van der Waals surface area (Å²) in [6.07, 6.45) is 4.79. The first-order chi connectivity index (χ1) is 11.5. The molecule has 0 bridgehead atoms. The van der Waals surface area contributed by atoms with Gasteiger partial charge in [0.05, 0.1) is 11.4 Å². The Kier molecular flexibility index (Phi) is 4.83. The quantitative estimate of drug-likeness (QED) is 0.884. The molecule has 0 spiro atoms. The molecule has 0 unspecified atom stereocenters. The predicted octanol–water partition coefficient (Wildman–Crippen LogP) is 2.79. The smallest absolute Gasteiger partial charge is 0.306 e. The van der Waals surface area contributed by atoms with Crippen molar-refractivity contribution < 1.29 is 19.1 Å². The van der Waals surface area contributed by atoms with Crippen molar-refractivity contribution >= 4 is 22.8 Å². The molecule has 1 aromatic heterocycles. The predicted molar refractivity (Wildman–Crippen MR) is 88.0 cm³/mol. The van der Waals surface area contributed by atoms with Crippen LogP contribution in [-0.2, 0) is 16.1 Å². The highest BCUT2D eigenvalue weighted by molar-refractivity contribution is 5.83. The lowest BCUT2D eigenvalue weighted by Gasteiger charge is -2.26. The van der Waals surface area contributed by atoms with Crippen LogP contribution < -0.4 is 5.32 Å². The zero-order valence-corrected chi connectivity index (χ0v) is 13.4. The number of carboxylic acid groups (broad SMARTS) is 1. The molecule has 3 rings (SSSR count). The largest absolute Gasteiger partial charge is 0.481 e. The van der Waals surface area contributed by atoms with Gasteiger partial charge >= 0.3 is 5.97 Å². The lowest BCUT2D eigenvalue weighted by atomic mass is 9.82. The first kappa shape index (κ1) is 16.5. The number of benzene rings is 1. The van der Waals surface area contributed by atoms with Gasteiger partial charge in [-0.05, 0) is 61.3 Å². The molecule has 0 radical (unpaired) electrons. The van der Waals surface area contributed by atoms with Gasteiger partial charge in [-0.1, -0.05) is 0 Å². The molecule has 0 aliphatic heterocycles. The zero-order valence-electron chi connectivity index (χ0n) is 13.4. The van der Waals surface area contributed by atoms with E-state index >= 15 is 0 Å². The van der Waals surface area contributed by atoms with Crippen molar-refractivity contribution in [3.63, 3.8) is 0 Å². The number of carbonyl (C=O) groups is 2.